The van der Waals surface area contributed by atoms with E-state index in [9.17, 15) is 0 Å². The highest BCUT2D eigenvalue weighted by molar-refractivity contribution is 6.04. The number of benzene rings is 9. The van der Waals surface area contributed by atoms with Crippen molar-refractivity contribution < 1.29 is 0 Å². The monoisotopic (exact) mass is 723 g/mol. The Morgan fingerprint density at radius 1 is 0.404 bits per heavy atom. The van der Waals surface area contributed by atoms with Crippen molar-refractivity contribution in [1.82, 2.24) is 0 Å². The third-order valence-electron chi connectivity index (χ3n) is 13.6. The van der Waals surface area contributed by atoms with E-state index in [1.807, 2.05) is 0 Å². The predicted octanol–water partition coefficient (Wildman–Crippen LogP) is 13.7. The normalized spacial score (nSPS) is 15.7. The Labute approximate surface area is 333 Å². The van der Waals surface area contributed by atoms with Crippen molar-refractivity contribution in [3.8, 4) is 44.5 Å². The average Bonchev–Trinajstić information content (AvgIpc) is 4.00. The highest BCUT2D eigenvalue weighted by Crippen LogP contribution is 2.65. The Kier molecular flexibility index (Phi) is 6.33. The topological polar surface area (TPSA) is 3.24 Å². The van der Waals surface area contributed by atoms with Crippen molar-refractivity contribution in [1.29, 1.82) is 0 Å². The summed E-state index contributed by atoms with van der Waals surface area (Å²) in [4.78, 5) is 2.64. The zero-order valence-electron chi connectivity index (χ0n) is 31.5. The number of rotatable bonds is 4. The van der Waals surface area contributed by atoms with E-state index in [-0.39, 0.29) is 0 Å². The van der Waals surface area contributed by atoms with Crippen LogP contribution in [0.1, 0.15) is 50.1 Å². The highest BCUT2D eigenvalue weighted by atomic mass is 15.1. The summed E-state index contributed by atoms with van der Waals surface area (Å²) in [7, 11) is 0. The minimum absolute atomic E-state index is 0.466. The first-order valence-corrected chi connectivity index (χ1v) is 20.3. The molecule has 1 spiro atoms. The molecule has 0 saturated heterocycles. The van der Waals surface area contributed by atoms with Gasteiger partial charge in [0.05, 0.1) is 5.41 Å². The van der Waals surface area contributed by atoms with Gasteiger partial charge in [-0.1, -0.05) is 170 Å². The van der Waals surface area contributed by atoms with E-state index in [0.717, 1.165) is 19.4 Å². The minimum Gasteiger partial charge on any atom is -0.336 e. The first-order valence-electron chi connectivity index (χ1n) is 20.3. The maximum atomic E-state index is 2.64. The second kappa shape index (κ2) is 11.5. The van der Waals surface area contributed by atoms with E-state index in [2.05, 4.69) is 193 Å². The molecule has 0 N–H and O–H groups in total. The Morgan fingerprint density at radius 2 is 0.982 bits per heavy atom. The van der Waals surface area contributed by atoms with Crippen molar-refractivity contribution >= 4 is 22.1 Å². The summed E-state index contributed by atoms with van der Waals surface area (Å²) in [6.07, 6.45) is 1.93. The molecule has 1 unspecified atom stereocenters. The van der Waals surface area contributed by atoms with Gasteiger partial charge in [0.2, 0.25) is 0 Å². The quantitative estimate of drug-likeness (QED) is 0.175. The molecule has 0 aromatic heterocycles. The molecule has 0 bridgehead atoms. The van der Waals surface area contributed by atoms with Gasteiger partial charge in [0.1, 0.15) is 0 Å². The zero-order chi connectivity index (χ0) is 37.2. The summed E-state index contributed by atoms with van der Waals surface area (Å²) in [6.45, 7) is 0.728. The van der Waals surface area contributed by atoms with E-state index >= 15 is 0 Å². The van der Waals surface area contributed by atoms with Crippen LogP contribution < -0.4 is 4.90 Å². The van der Waals surface area contributed by atoms with Gasteiger partial charge in [-0.3, -0.25) is 0 Å². The molecule has 266 valence electrons. The molecule has 0 heterocycles. The van der Waals surface area contributed by atoms with Crippen molar-refractivity contribution in [3.05, 3.63) is 238 Å². The molecule has 1 heteroatoms. The van der Waals surface area contributed by atoms with Gasteiger partial charge in [-0.2, -0.15) is 0 Å². The number of hydrogen-bond acceptors (Lipinski definition) is 1. The van der Waals surface area contributed by atoms with Crippen molar-refractivity contribution in [2.24, 2.45) is 0 Å². The molecule has 0 fully saturated rings. The lowest BCUT2D eigenvalue weighted by atomic mass is 9.68. The number of fused-ring (bicyclic) bond motifs is 18. The van der Waals surface area contributed by atoms with E-state index in [0.29, 0.717) is 0 Å². The number of anilines is 2. The first kappa shape index (κ1) is 31.3. The van der Waals surface area contributed by atoms with E-state index in [4.69, 9.17) is 0 Å². The zero-order valence-corrected chi connectivity index (χ0v) is 31.5. The maximum absolute atomic E-state index is 2.64. The fourth-order valence-corrected chi connectivity index (χ4v) is 11.4. The lowest BCUT2D eigenvalue weighted by Crippen LogP contribution is -2.29. The summed E-state index contributed by atoms with van der Waals surface area (Å²) >= 11 is 0. The second-order valence-corrected chi connectivity index (χ2v) is 16.3. The van der Waals surface area contributed by atoms with Crippen LogP contribution in [-0.4, -0.2) is 0 Å². The Morgan fingerprint density at radius 3 is 1.81 bits per heavy atom. The van der Waals surface area contributed by atoms with E-state index < -0.39 is 5.41 Å². The van der Waals surface area contributed by atoms with Gasteiger partial charge in [0, 0.05) is 23.5 Å². The maximum Gasteiger partial charge on any atom is 0.0734 e. The minimum atomic E-state index is -0.466. The van der Waals surface area contributed by atoms with Gasteiger partial charge in [-0.05, 0) is 131 Å². The van der Waals surface area contributed by atoms with Crippen LogP contribution in [0.15, 0.2) is 188 Å². The summed E-state index contributed by atoms with van der Waals surface area (Å²) in [5.74, 6) is 0. The molecule has 0 aliphatic heterocycles. The summed E-state index contributed by atoms with van der Waals surface area (Å²) < 4.78 is 0. The third kappa shape index (κ3) is 4.13. The molecule has 4 aliphatic carbocycles. The largest absolute Gasteiger partial charge is 0.336 e. The fraction of sp³-hybridized carbons (Fsp3) is 0.0714. The summed E-state index contributed by atoms with van der Waals surface area (Å²) in [5.41, 5.74) is 25.4. The third-order valence-corrected chi connectivity index (χ3v) is 13.6. The molecular weight excluding hydrogens is 687 g/mol. The van der Waals surface area contributed by atoms with Gasteiger partial charge < -0.3 is 4.90 Å². The molecule has 9 aromatic carbocycles. The smallest absolute Gasteiger partial charge is 0.0734 e. The first-order chi connectivity index (χ1) is 28.3. The van der Waals surface area contributed by atoms with Crippen molar-refractivity contribution in [2.75, 3.05) is 4.90 Å². The van der Waals surface area contributed by atoms with Crippen LogP contribution >= 0.6 is 0 Å². The highest BCUT2D eigenvalue weighted by Gasteiger charge is 2.53. The van der Waals surface area contributed by atoms with Crippen molar-refractivity contribution in [2.45, 2.75) is 24.8 Å². The van der Waals surface area contributed by atoms with Crippen LogP contribution in [0.2, 0.25) is 0 Å². The molecule has 9 aromatic rings. The lowest BCUT2D eigenvalue weighted by Gasteiger charge is -2.35. The van der Waals surface area contributed by atoms with Crippen molar-refractivity contribution in [3.63, 3.8) is 0 Å². The van der Waals surface area contributed by atoms with Crippen LogP contribution in [-0.2, 0) is 24.8 Å². The van der Waals surface area contributed by atoms with Crippen LogP contribution in [0.25, 0.3) is 55.3 Å². The van der Waals surface area contributed by atoms with Crippen LogP contribution in [0, 0.1) is 0 Å². The molecular formula is C56H37N. The van der Waals surface area contributed by atoms with E-state index in [1.54, 1.807) is 0 Å². The molecule has 0 amide bonds. The lowest BCUT2D eigenvalue weighted by molar-refractivity contribution is 0.779. The molecule has 4 aliphatic rings. The molecule has 1 nitrogen and oxygen atoms in total. The van der Waals surface area contributed by atoms with Gasteiger partial charge in [0.15, 0.2) is 0 Å². The van der Waals surface area contributed by atoms with Crippen LogP contribution in [0.4, 0.5) is 11.4 Å². The summed E-state index contributed by atoms with van der Waals surface area (Å²) in [5, 5.41) is 2.61. The molecule has 0 radical (unpaired) electrons. The SMILES string of the molecule is c1ccc2c(c1)Cc1cc(N(Cc3cccc4c3C3(c5ccccc5-4)c4ccccc4-c4ccc5ccccc5c43)c3cccc4c3-c3ccccc3C4)ccc1-2. The number of hydrogen-bond donors (Lipinski definition) is 0. The molecule has 13 rings (SSSR count). The summed E-state index contributed by atoms with van der Waals surface area (Å²) in [6, 6.07) is 71.4. The standard InChI is InChI=1S/C56H37N/c1-6-20-45-35(13-1)27-29-49-47-22-8-10-25-51(47)56(55(45)49)50-24-9-7-21-46(50)48-23-11-17-39(54(48)56)34-57(41-28-30-43-40(33-41)32-36-14-2-4-18-42(36)43)52-26-12-16-38-31-37-15-3-5-19-44(37)53(38)52/h1-30,33H,31-32,34H2. The molecule has 0 saturated carbocycles. The Hall–Kier alpha value is -6.96. The van der Waals surface area contributed by atoms with Gasteiger partial charge >= 0.3 is 0 Å². The Balaban J connectivity index is 1.09. The van der Waals surface area contributed by atoms with E-state index in [1.165, 1.54) is 117 Å². The Bertz CT molecular complexity index is 3170. The predicted molar refractivity (Wildman–Crippen MR) is 235 cm³/mol. The average molecular weight is 724 g/mol. The number of nitrogens with zero attached hydrogens (tertiary/aromatic N) is 1. The fourth-order valence-electron chi connectivity index (χ4n) is 11.4. The van der Waals surface area contributed by atoms with Crippen LogP contribution in [0.3, 0.4) is 0 Å². The molecule has 1 atom stereocenters. The molecule has 57 heavy (non-hydrogen) atoms. The van der Waals surface area contributed by atoms with Gasteiger partial charge in [0.25, 0.3) is 0 Å². The van der Waals surface area contributed by atoms with Gasteiger partial charge in [-0.25, -0.2) is 0 Å². The van der Waals surface area contributed by atoms with Crippen LogP contribution in [0.5, 0.6) is 0 Å². The van der Waals surface area contributed by atoms with Gasteiger partial charge in [-0.15, -0.1) is 0 Å². The second-order valence-electron chi connectivity index (χ2n) is 16.3.